The molecule has 2 atom stereocenters. The Kier molecular flexibility index (Phi) is 2.66. The van der Waals surface area contributed by atoms with Gasteiger partial charge in [0.2, 0.25) is 0 Å². The zero-order valence-corrected chi connectivity index (χ0v) is 11.7. The molecule has 1 aliphatic heterocycles. The number of rotatable bonds is 2. The van der Waals surface area contributed by atoms with Gasteiger partial charge >= 0.3 is 0 Å². The second-order valence-corrected chi connectivity index (χ2v) is 5.83. The normalized spacial score (nSPS) is 24.9. The quantitative estimate of drug-likeness (QED) is 0.904. The van der Waals surface area contributed by atoms with Gasteiger partial charge in [-0.25, -0.2) is 0 Å². The van der Waals surface area contributed by atoms with Crippen LogP contribution in [0.5, 0.6) is 0 Å². The van der Waals surface area contributed by atoms with Crippen molar-refractivity contribution in [3.05, 3.63) is 48.0 Å². The summed E-state index contributed by atoms with van der Waals surface area (Å²) >= 11 is 0. The molecule has 3 nitrogen and oxygen atoms in total. The van der Waals surface area contributed by atoms with Gasteiger partial charge in [0.1, 0.15) is 0 Å². The first kappa shape index (κ1) is 11.8. The topological polar surface area (TPSA) is 27.6 Å². The number of fused-ring (bicyclic) bond motifs is 1. The number of aliphatic imine (C=N–C) groups is 1. The van der Waals surface area contributed by atoms with E-state index in [1.54, 1.807) is 0 Å². The van der Waals surface area contributed by atoms with Gasteiger partial charge in [0.15, 0.2) is 5.96 Å². The molecular formula is C17H19N3. The smallest absolute Gasteiger partial charge is 0.194 e. The van der Waals surface area contributed by atoms with Gasteiger partial charge in [0, 0.05) is 25.6 Å². The van der Waals surface area contributed by atoms with E-state index in [1.165, 1.54) is 22.8 Å². The molecule has 0 aromatic heterocycles. The molecule has 0 amide bonds. The molecule has 2 aromatic carbocycles. The van der Waals surface area contributed by atoms with Crippen molar-refractivity contribution in [2.24, 2.45) is 4.99 Å². The number of likely N-dealkylation sites (N-methyl/N-ethyl adjacent to an activating group) is 1. The standard InChI is InChI=1S/C17H19N3/c1-20-9-8-18-17(20)19-16-11-15(16)14-7-6-12-4-2-3-5-13(12)10-14/h2-7,10,15-16H,8-9,11H2,1H3,(H,18,19)/t15-,16+/m0/s1. The summed E-state index contributed by atoms with van der Waals surface area (Å²) in [5.41, 5.74) is 1.45. The fraction of sp³-hybridized carbons (Fsp3) is 0.353. The van der Waals surface area contributed by atoms with Crippen LogP contribution in [0, 0.1) is 0 Å². The van der Waals surface area contributed by atoms with Gasteiger partial charge in [-0.3, -0.25) is 4.99 Å². The Morgan fingerprint density at radius 3 is 2.80 bits per heavy atom. The van der Waals surface area contributed by atoms with Crippen molar-refractivity contribution >= 4 is 16.7 Å². The first-order valence-corrected chi connectivity index (χ1v) is 7.32. The third-order valence-electron chi connectivity index (χ3n) is 4.37. The molecule has 1 saturated carbocycles. The zero-order chi connectivity index (χ0) is 13.5. The molecule has 0 unspecified atom stereocenters. The summed E-state index contributed by atoms with van der Waals surface area (Å²) in [6, 6.07) is 16.0. The summed E-state index contributed by atoms with van der Waals surface area (Å²) in [7, 11) is 2.10. The van der Waals surface area contributed by atoms with Crippen molar-refractivity contribution < 1.29 is 0 Å². The van der Waals surface area contributed by atoms with Gasteiger partial charge in [-0.1, -0.05) is 42.5 Å². The van der Waals surface area contributed by atoms with Crippen molar-refractivity contribution in [2.75, 3.05) is 20.1 Å². The average molecular weight is 265 g/mol. The molecule has 102 valence electrons. The van der Waals surface area contributed by atoms with Crippen molar-refractivity contribution in [1.29, 1.82) is 0 Å². The molecule has 0 radical (unpaired) electrons. The van der Waals surface area contributed by atoms with Crippen LogP contribution >= 0.6 is 0 Å². The van der Waals surface area contributed by atoms with Gasteiger partial charge in [0.05, 0.1) is 6.54 Å². The molecule has 0 spiro atoms. The first-order chi connectivity index (χ1) is 9.81. The second kappa shape index (κ2) is 4.51. The van der Waals surface area contributed by atoms with Gasteiger partial charge < -0.3 is 10.2 Å². The lowest BCUT2D eigenvalue weighted by atomic mass is 10.0. The summed E-state index contributed by atoms with van der Waals surface area (Å²) < 4.78 is 0. The lowest BCUT2D eigenvalue weighted by molar-refractivity contribution is 0.532. The fourth-order valence-corrected chi connectivity index (χ4v) is 3.02. The predicted octanol–water partition coefficient (Wildman–Crippen LogP) is 2.59. The number of hydrogen-bond donors (Lipinski definition) is 1. The van der Waals surface area contributed by atoms with E-state index < -0.39 is 0 Å². The van der Waals surface area contributed by atoms with E-state index in [0.717, 1.165) is 19.0 Å². The Labute approximate surface area is 119 Å². The van der Waals surface area contributed by atoms with Gasteiger partial charge in [-0.05, 0) is 22.8 Å². The predicted molar refractivity (Wildman–Crippen MR) is 83.2 cm³/mol. The molecule has 1 aliphatic carbocycles. The van der Waals surface area contributed by atoms with Crippen molar-refractivity contribution in [1.82, 2.24) is 10.2 Å². The summed E-state index contributed by atoms with van der Waals surface area (Å²) in [5, 5.41) is 6.23. The molecule has 4 rings (SSSR count). The Hall–Kier alpha value is -2.03. The van der Waals surface area contributed by atoms with Crippen molar-refractivity contribution in [2.45, 2.75) is 18.4 Å². The largest absolute Gasteiger partial charge is 0.353 e. The number of guanidine groups is 1. The van der Waals surface area contributed by atoms with E-state index in [1.807, 2.05) is 0 Å². The summed E-state index contributed by atoms with van der Waals surface area (Å²) in [4.78, 5) is 6.71. The fourth-order valence-electron chi connectivity index (χ4n) is 3.02. The maximum absolute atomic E-state index is 4.51. The van der Waals surface area contributed by atoms with Crippen molar-refractivity contribution in [3.63, 3.8) is 0 Å². The van der Waals surface area contributed by atoms with E-state index in [-0.39, 0.29) is 0 Å². The first-order valence-electron chi connectivity index (χ1n) is 7.32. The van der Waals surface area contributed by atoms with E-state index in [0.29, 0.717) is 12.0 Å². The minimum absolute atomic E-state index is 0.551. The Balaban J connectivity index is 1.51. The average Bonchev–Trinajstić information content (AvgIpc) is 3.13. The Morgan fingerprint density at radius 2 is 2.00 bits per heavy atom. The monoisotopic (exact) mass is 265 g/mol. The molecule has 1 fully saturated rings. The van der Waals surface area contributed by atoms with Crippen LogP contribution in [0.1, 0.15) is 17.9 Å². The highest BCUT2D eigenvalue weighted by Gasteiger charge is 2.39. The number of nitrogens with zero attached hydrogens (tertiary/aromatic N) is 2. The molecule has 0 saturated heterocycles. The molecule has 0 bridgehead atoms. The van der Waals surface area contributed by atoms with Crippen LogP contribution < -0.4 is 5.32 Å². The molecule has 2 aromatic rings. The second-order valence-electron chi connectivity index (χ2n) is 5.83. The highest BCUT2D eigenvalue weighted by Crippen LogP contribution is 2.41. The number of nitrogens with one attached hydrogen (secondary N) is 1. The minimum Gasteiger partial charge on any atom is -0.353 e. The lowest BCUT2D eigenvalue weighted by Gasteiger charge is -2.15. The summed E-state index contributed by atoms with van der Waals surface area (Å²) in [5.74, 6) is 1.70. The van der Waals surface area contributed by atoms with E-state index in [4.69, 9.17) is 0 Å². The number of hydrogen-bond acceptors (Lipinski definition) is 3. The molecule has 3 heteroatoms. The lowest BCUT2D eigenvalue weighted by Crippen LogP contribution is -2.37. The Morgan fingerprint density at radius 1 is 1.15 bits per heavy atom. The molecule has 20 heavy (non-hydrogen) atoms. The highest BCUT2D eigenvalue weighted by atomic mass is 15.3. The highest BCUT2D eigenvalue weighted by molar-refractivity contribution is 5.84. The van der Waals surface area contributed by atoms with E-state index in [2.05, 4.69) is 64.7 Å². The zero-order valence-electron chi connectivity index (χ0n) is 11.7. The molecule has 1 heterocycles. The molecule has 2 aliphatic rings. The van der Waals surface area contributed by atoms with Crippen LogP contribution in [0.4, 0.5) is 0 Å². The van der Waals surface area contributed by atoms with Crippen LogP contribution in [0.2, 0.25) is 0 Å². The van der Waals surface area contributed by atoms with Crippen molar-refractivity contribution in [3.8, 4) is 0 Å². The third kappa shape index (κ3) is 2.03. The van der Waals surface area contributed by atoms with E-state index in [9.17, 15) is 0 Å². The number of benzene rings is 2. The molecule has 1 N–H and O–H groups in total. The van der Waals surface area contributed by atoms with Gasteiger partial charge in [0.25, 0.3) is 0 Å². The van der Waals surface area contributed by atoms with Crippen LogP contribution in [-0.4, -0.2) is 37.0 Å². The maximum atomic E-state index is 4.51. The van der Waals surface area contributed by atoms with Crippen LogP contribution in [0.25, 0.3) is 10.8 Å². The minimum atomic E-state index is 0.551. The SMILES string of the molecule is CN1CCN=C1N[C@@H]1C[C@H]1c1ccc2ccccc2c1. The van der Waals surface area contributed by atoms with E-state index >= 15 is 0 Å². The van der Waals surface area contributed by atoms with Crippen LogP contribution in [0.15, 0.2) is 47.5 Å². The molecular weight excluding hydrogens is 246 g/mol. The Bertz CT molecular complexity index is 677. The summed E-state index contributed by atoms with van der Waals surface area (Å²) in [6.45, 7) is 1.96. The van der Waals surface area contributed by atoms with Gasteiger partial charge in [-0.15, -0.1) is 0 Å². The summed E-state index contributed by atoms with van der Waals surface area (Å²) in [6.07, 6.45) is 1.21. The van der Waals surface area contributed by atoms with Crippen LogP contribution in [0.3, 0.4) is 0 Å². The van der Waals surface area contributed by atoms with Gasteiger partial charge in [-0.2, -0.15) is 0 Å². The van der Waals surface area contributed by atoms with Crippen LogP contribution in [-0.2, 0) is 0 Å². The maximum Gasteiger partial charge on any atom is 0.194 e. The third-order valence-corrected chi connectivity index (χ3v) is 4.37.